The molecule has 2 aromatic rings. The lowest BCUT2D eigenvalue weighted by atomic mass is 9.93. The molecule has 0 unspecified atom stereocenters. The molecule has 152 valence electrons. The third-order valence-electron chi connectivity index (χ3n) is 5.36. The molecule has 0 saturated carbocycles. The van der Waals surface area contributed by atoms with Crippen molar-refractivity contribution in [3.05, 3.63) is 67.9 Å². The number of rotatable bonds is 6. The van der Waals surface area contributed by atoms with E-state index in [2.05, 4.69) is 21.7 Å². The summed E-state index contributed by atoms with van der Waals surface area (Å²) >= 11 is 6.46. The van der Waals surface area contributed by atoms with E-state index in [1.54, 1.807) is 0 Å². The Morgan fingerprint density at radius 2 is 2.03 bits per heavy atom. The maximum atomic E-state index is 11.1. The molecule has 2 aliphatic heterocycles. The summed E-state index contributed by atoms with van der Waals surface area (Å²) in [4.78, 5) is 21.8. The number of hydrogen-bond donors (Lipinski definition) is 1. The van der Waals surface area contributed by atoms with Gasteiger partial charge in [0.2, 0.25) is 0 Å². The molecule has 7 nitrogen and oxygen atoms in total. The van der Waals surface area contributed by atoms with Gasteiger partial charge in [0.15, 0.2) is 0 Å². The highest BCUT2D eigenvalue weighted by Crippen LogP contribution is 2.35. The predicted molar refractivity (Wildman–Crippen MR) is 112 cm³/mol. The topological polar surface area (TPSA) is 89.4 Å². The van der Waals surface area contributed by atoms with Crippen LogP contribution in [0.25, 0.3) is 0 Å². The van der Waals surface area contributed by atoms with Crippen molar-refractivity contribution in [2.75, 3.05) is 25.0 Å². The van der Waals surface area contributed by atoms with Crippen LogP contribution in [-0.2, 0) is 11.2 Å². The zero-order valence-corrected chi connectivity index (χ0v) is 16.6. The van der Waals surface area contributed by atoms with Gasteiger partial charge in [0.05, 0.1) is 23.9 Å². The summed E-state index contributed by atoms with van der Waals surface area (Å²) in [5, 5.41) is 10.1. The van der Waals surface area contributed by atoms with E-state index in [1.807, 2.05) is 30.3 Å². The first-order valence-electron chi connectivity index (χ1n) is 9.71. The van der Waals surface area contributed by atoms with Gasteiger partial charge in [-0.3, -0.25) is 0 Å². The average molecular weight is 416 g/mol. The molecule has 1 N–H and O–H groups in total. The molecule has 2 heterocycles. The van der Waals surface area contributed by atoms with Crippen molar-refractivity contribution in [2.24, 2.45) is 10.4 Å². The Morgan fingerprint density at radius 3 is 2.86 bits per heavy atom. The van der Waals surface area contributed by atoms with Crippen LogP contribution in [0, 0.1) is 9.81 Å². The van der Waals surface area contributed by atoms with Crippen LogP contribution in [0.3, 0.4) is 0 Å². The first-order chi connectivity index (χ1) is 14.2. The van der Waals surface area contributed by atoms with Crippen molar-refractivity contribution >= 4 is 17.3 Å². The Labute approximate surface area is 173 Å². The first kappa shape index (κ1) is 19.8. The molecule has 0 aliphatic carbocycles. The molecule has 0 bridgehead atoms. The Hall–Kier alpha value is -2.51. The van der Waals surface area contributed by atoms with Gasteiger partial charge in [-0.15, -0.1) is 0 Å². The molecule has 29 heavy (non-hydrogen) atoms. The summed E-state index contributed by atoms with van der Waals surface area (Å²) in [6.07, 6.45) is 0.868. The lowest BCUT2D eigenvalue weighted by Crippen LogP contribution is -2.32. The normalized spacial score (nSPS) is 23.4. The molecule has 0 radical (unpaired) electrons. The highest BCUT2D eigenvalue weighted by atomic mass is 35.5. The quantitative estimate of drug-likeness (QED) is 0.680. The number of benzene rings is 2. The number of fused-ring (bicyclic) bond motifs is 1. The van der Waals surface area contributed by atoms with Crippen LogP contribution >= 0.6 is 11.6 Å². The maximum Gasteiger partial charge on any atom is 0.142 e. The van der Waals surface area contributed by atoms with Crippen LogP contribution in [-0.4, -0.2) is 31.8 Å². The van der Waals surface area contributed by atoms with Gasteiger partial charge in [-0.1, -0.05) is 40.2 Å². The largest absolute Gasteiger partial charge is 0.490 e. The minimum Gasteiger partial charge on any atom is -0.490 e. The van der Waals surface area contributed by atoms with E-state index in [9.17, 15) is 9.81 Å². The maximum absolute atomic E-state index is 11.1. The number of nitroso groups, excluding NO2 is 2. The third kappa shape index (κ3) is 4.57. The summed E-state index contributed by atoms with van der Waals surface area (Å²) in [6, 6.07) is 11.4. The van der Waals surface area contributed by atoms with Crippen molar-refractivity contribution < 1.29 is 9.47 Å². The standard InChI is InChI=1S/C21H22ClN3O4/c22-18-3-2-14(21-11-16(25-27)10-17(29-21)12-24-26)9-15(18)7-13-1-4-20-19(8-13)23-5-6-28-20/h1-4,8-9,16-17,21,23H,5-7,10-12H2/t16-,17-,21+/m0/s1. The molecular formula is C21H22ClN3O4. The van der Waals surface area contributed by atoms with Crippen LogP contribution in [0.5, 0.6) is 5.75 Å². The fourth-order valence-electron chi connectivity index (χ4n) is 3.94. The average Bonchev–Trinajstić information content (AvgIpc) is 2.75. The summed E-state index contributed by atoms with van der Waals surface area (Å²) < 4.78 is 11.6. The van der Waals surface area contributed by atoms with Crippen molar-refractivity contribution in [1.82, 2.24) is 0 Å². The van der Waals surface area contributed by atoms with Gasteiger partial charge in [-0.25, -0.2) is 0 Å². The van der Waals surface area contributed by atoms with Crippen LogP contribution in [0.2, 0.25) is 5.02 Å². The SMILES string of the molecule is O=NC[C@@H]1C[C@H](N=O)C[C@H](c2ccc(Cl)c(Cc3ccc4c(c3)NCCO4)c2)O1. The molecule has 2 aromatic carbocycles. The Morgan fingerprint density at radius 1 is 1.14 bits per heavy atom. The summed E-state index contributed by atoms with van der Waals surface area (Å²) in [5.74, 6) is 0.859. The molecule has 0 amide bonds. The second-order valence-electron chi connectivity index (χ2n) is 7.42. The van der Waals surface area contributed by atoms with Crippen molar-refractivity contribution in [2.45, 2.75) is 37.5 Å². The van der Waals surface area contributed by atoms with Crippen LogP contribution in [0.4, 0.5) is 5.69 Å². The predicted octanol–water partition coefficient (Wildman–Crippen LogP) is 4.86. The van der Waals surface area contributed by atoms with E-state index in [1.165, 1.54) is 0 Å². The first-order valence-corrected chi connectivity index (χ1v) is 10.1. The number of halogens is 1. The number of ether oxygens (including phenoxy) is 2. The molecule has 4 rings (SSSR count). The highest BCUT2D eigenvalue weighted by Gasteiger charge is 2.31. The zero-order valence-electron chi connectivity index (χ0n) is 15.8. The van der Waals surface area contributed by atoms with Gasteiger partial charge in [0, 0.05) is 24.4 Å². The van der Waals surface area contributed by atoms with Gasteiger partial charge >= 0.3 is 0 Å². The lowest BCUT2D eigenvalue weighted by Gasteiger charge is -2.32. The Kier molecular flexibility index (Phi) is 6.06. The van der Waals surface area contributed by atoms with Gasteiger partial charge < -0.3 is 14.8 Å². The van der Waals surface area contributed by atoms with E-state index >= 15 is 0 Å². The van der Waals surface area contributed by atoms with Gasteiger partial charge in [0.1, 0.15) is 18.9 Å². The second-order valence-corrected chi connectivity index (χ2v) is 7.83. The Bertz CT molecular complexity index is 907. The number of nitrogens with one attached hydrogen (secondary N) is 1. The smallest absolute Gasteiger partial charge is 0.142 e. The van der Waals surface area contributed by atoms with E-state index in [4.69, 9.17) is 21.1 Å². The minimum atomic E-state index is -0.389. The molecule has 3 atom stereocenters. The van der Waals surface area contributed by atoms with Gasteiger partial charge in [-0.2, -0.15) is 9.81 Å². The third-order valence-corrected chi connectivity index (χ3v) is 5.73. The molecule has 2 aliphatic rings. The lowest BCUT2D eigenvalue weighted by molar-refractivity contribution is -0.0530. The van der Waals surface area contributed by atoms with E-state index in [0.717, 1.165) is 34.7 Å². The second kappa shape index (κ2) is 8.88. The van der Waals surface area contributed by atoms with Crippen LogP contribution < -0.4 is 10.1 Å². The van der Waals surface area contributed by atoms with E-state index in [0.29, 0.717) is 30.9 Å². The molecule has 0 aromatic heterocycles. The summed E-state index contributed by atoms with van der Waals surface area (Å²) in [7, 11) is 0. The number of hydrogen-bond acceptors (Lipinski definition) is 7. The number of anilines is 1. The molecule has 1 fully saturated rings. The minimum absolute atomic E-state index is 0.0210. The Balaban J connectivity index is 1.55. The number of nitrogens with zero attached hydrogens (tertiary/aromatic N) is 2. The van der Waals surface area contributed by atoms with Crippen molar-refractivity contribution in [3.63, 3.8) is 0 Å². The summed E-state index contributed by atoms with van der Waals surface area (Å²) in [6.45, 7) is 1.47. The van der Waals surface area contributed by atoms with Gasteiger partial charge in [0.25, 0.3) is 0 Å². The van der Waals surface area contributed by atoms with Crippen LogP contribution in [0.15, 0.2) is 46.8 Å². The van der Waals surface area contributed by atoms with Gasteiger partial charge in [-0.05, 0) is 41.3 Å². The molecule has 1 saturated heterocycles. The molecular weight excluding hydrogens is 394 g/mol. The van der Waals surface area contributed by atoms with E-state index < -0.39 is 0 Å². The van der Waals surface area contributed by atoms with E-state index in [-0.39, 0.29) is 24.8 Å². The summed E-state index contributed by atoms with van der Waals surface area (Å²) in [5.41, 5.74) is 3.99. The molecule has 8 heteroatoms. The highest BCUT2D eigenvalue weighted by molar-refractivity contribution is 6.31. The van der Waals surface area contributed by atoms with Crippen LogP contribution in [0.1, 0.15) is 35.6 Å². The van der Waals surface area contributed by atoms with Crippen molar-refractivity contribution in [3.8, 4) is 5.75 Å². The zero-order chi connectivity index (χ0) is 20.2. The fourth-order valence-corrected chi connectivity index (χ4v) is 4.12. The fraction of sp³-hybridized carbons (Fsp3) is 0.429. The monoisotopic (exact) mass is 415 g/mol. The molecule has 0 spiro atoms. The van der Waals surface area contributed by atoms with Crippen molar-refractivity contribution in [1.29, 1.82) is 0 Å².